The van der Waals surface area contributed by atoms with E-state index >= 15 is 0 Å². The zero-order chi connectivity index (χ0) is 14.8. The molecule has 1 heterocycles. The lowest BCUT2D eigenvalue weighted by molar-refractivity contribution is 0.0439. The number of benzene rings is 2. The van der Waals surface area contributed by atoms with E-state index in [2.05, 4.69) is 0 Å². The fourth-order valence-corrected chi connectivity index (χ4v) is 2.07. The molecule has 0 saturated heterocycles. The SMILES string of the molecule is Cc1ccc(COC(=O)c2cc3cc(N)ccc3o2)cc1. The normalized spacial score (nSPS) is 10.7. The summed E-state index contributed by atoms with van der Waals surface area (Å²) in [7, 11) is 0. The average molecular weight is 281 g/mol. The summed E-state index contributed by atoms with van der Waals surface area (Å²) in [5.41, 5.74) is 9.05. The number of hydrogen-bond donors (Lipinski definition) is 1. The van der Waals surface area contributed by atoms with Crippen LogP contribution in [0.2, 0.25) is 0 Å². The Morgan fingerprint density at radius 1 is 1.14 bits per heavy atom. The Bertz CT molecular complexity index is 787. The van der Waals surface area contributed by atoms with E-state index in [1.165, 1.54) is 5.56 Å². The molecule has 0 aliphatic carbocycles. The quantitative estimate of drug-likeness (QED) is 0.587. The van der Waals surface area contributed by atoms with Crippen LogP contribution in [0.4, 0.5) is 5.69 Å². The number of hydrogen-bond acceptors (Lipinski definition) is 4. The monoisotopic (exact) mass is 281 g/mol. The molecule has 0 radical (unpaired) electrons. The lowest BCUT2D eigenvalue weighted by Gasteiger charge is -2.03. The minimum Gasteiger partial charge on any atom is -0.455 e. The summed E-state index contributed by atoms with van der Waals surface area (Å²) in [4.78, 5) is 12.0. The van der Waals surface area contributed by atoms with Gasteiger partial charge in [-0.2, -0.15) is 0 Å². The Morgan fingerprint density at radius 2 is 1.90 bits per heavy atom. The molecule has 0 atom stereocenters. The minimum absolute atomic E-state index is 0.183. The maximum atomic E-state index is 12.0. The molecule has 3 rings (SSSR count). The molecule has 0 unspecified atom stereocenters. The van der Waals surface area contributed by atoms with Crippen LogP contribution in [0.1, 0.15) is 21.7 Å². The molecule has 0 aliphatic heterocycles. The molecule has 4 nitrogen and oxygen atoms in total. The van der Waals surface area contributed by atoms with E-state index in [-0.39, 0.29) is 12.4 Å². The molecule has 2 N–H and O–H groups in total. The maximum Gasteiger partial charge on any atom is 0.374 e. The molecular weight excluding hydrogens is 266 g/mol. The van der Waals surface area contributed by atoms with Crippen molar-refractivity contribution in [1.82, 2.24) is 0 Å². The molecule has 4 heteroatoms. The Labute approximate surface area is 122 Å². The third-order valence-electron chi connectivity index (χ3n) is 3.23. The Hall–Kier alpha value is -2.75. The number of esters is 1. The predicted octanol–water partition coefficient (Wildman–Crippen LogP) is 3.68. The number of aryl methyl sites for hydroxylation is 1. The predicted molar refractivity (Wildman–Crippen MR) is 80.9 cm³/mol. The number of rotatable bonds is 3. The average Bonchev–Trinajstić information content (AvgIpc) is 2.89. The van der Waals surface area contributed by atoms with Crippen LogP contribution in [0, 0.1) is 6.92 Å². The summed E-state index contributed by atoms with van der Waals surface area (Å²) in [6, 6.07) is 14.7. The van der Waals surface area contributed by atoms with Crippen LogP contribution < -0.4 is 5.73 Å². The summed E-state index contributed by atoms with van der Waals surface area (Å²) in [5, 5.41) is 0.789. The van der Waals surface area contributed by atoms with Crippen LogP contribution in [-0.2, 0) is 11.3 Å². The highest BCUT2D eigenvalue weighted by Crippen LogP contribution is 2.22. The number of nitrogen functional groups attached to an aromatic ring is 1. The topological polar surface area (TPSA) is 65.5 Å². The van der Waals surface area contributed by atoms with Gasteiger partial charge in [-0.25, -0.2) is 4.79 Å². The lowest BCUT2D eigenvalue weighted by Crippen LogP contribution is -2.03. The van der Waals surface area contributed by atoms with Crippen molar-refractivity contribution in [1.29, 1.82) is 0 Å². The molecule has 1 aromatic heterocycles. The van der Waals surface area contributed by atoms with E-state index in [4.69, 9.17) is 14.9 Å². The fourth-order valence-electron chi connectivity index (χ4n) is 2.07. The zero-order valence-corrected chi connectivity index (χ0v) is 11.6. The van der Waals surface area contributed by atoms with Crippen molar-refractivity contribution in [3.8, 4) is 0 Å². The summed E-state index contributed by atoms with van der Waals surface area (Å²) < 4.78 is 10.7. The Kier molecular flexibility index (Phi) is 3.36. The van der Waals surface area contributed by atoms with Gasteiger partial charge in [-0.15, -0.1) is 0 Å². The van der Waals surface area contributed by atoms with Gasteiger partial charge < -0.3 is 14.9 Å². The van der Waals surface area contributed by atoms with Gasteiger partial charge in [-0.3, -0.25) is 0 Å². The molecular formula is C17H15NO3. The summed E-state index contributed by atoms with van der Waals surface area (Å²) in [6.07, 6.45) is 0. The summed E-state index contributed by atoms with van der Waals surface area (Å²) in [5.74, 6) is -0.298. The maximum absolute atomic E-state index is 12.0. The van der Waals surface area contributed by atoms with Gasteiger partial charge in [0.05, 0.1) is 0 Å². The van der Waals surface area contributed by atoms with Crippen LogP contribution in [0.25, 0.3) is 11.0 Å². The summed E-state index contributed by atoms with van der Waals surface area (Å²) in [6.45, 7) is 2.23. The largest absolute Gasteiger partial charge is 0.455 e. The van der Waals surface area contributed by atoms with Gasteiger partial charge in [-0.05, 0) is 36.8 Å². The lowest BCUT2D eigenvalue weighted by atomic mass is 10.2. The molecule has 106 valence electrons. The van der Waals surface area contributed by atoms with Crippen LogP contribution in [0.15, 0.2) is 52.9 Å². The van der Waals surface area contributed by atoms with Crippen molar-refractivity contribution in [3.63, 3.8) is 0 Å². The first-order valence-electron chi connectivity index (χ1n) is 6.63. The molecule has 0 spiro atoms. The van der Waals surface area contributed by atoms with Crippen molar-refractivity contribution in [2.45, 2.75) is 13.5 Å². The highest BCUT2D eigenvalue weighted by molar-refractivity contribution is 5.93. The number of carbonyl (C=O) groups excluding carboxylic acids is 1. The smallest absolute Gasteiger partial charge is 0.374 e. The van der Waals surface area contributed by atoms with Gasteiger partial charge in [0, 0.05) is 11.1 Å². The molecule has 0 fully saturated rings. The molecule has 0 amide bonds. The van der Waals surface area contributed by atoms with Crippen LogP contribution in [-0.4, -0.2) is 5.97 Å². The molecule has 2 aromatic carbocycles. The molecule has 0 saturated carbocycles. The molecule has 0 bridgehead atoms. The number of anilines is 1. The number of ether oxygens (including phenoxy) is 1. The summed E-state index contributed by atoms with van der Waals surface area (Å²) >= 11 is 0. The van der Waals surface area contributed by atoms with Crippen LogP contribution in [0.5, 0.6) is 0 Å². The second-order valence-corrected chi connectivity index (χ2v) is 4.97. The highest BCUT2D eigenvalue weighted by Gasteiger charge is 2.14. The third kappa shape index (κ3) is 2.89. The van der Waals surface area contributed by atoms with Crippen LogP contribution >= 0.6 is 0 Å². The standard InChI is InChI=1S/C17H15NO3/c1-11-2-4-12(5-3-11)10-20-17(19)16-9-13-8-14(18)6-7-15(13)21-16/h2-9H,10,18H2,1H3. The van der Waals surface area contributed by atoms with E-state index in [1.54, 1.807) is 24.3 Å². The van der Waals surface area contributed by atoms with Crippen molar-refractivity contribution >= 4 is 22.6 Å². The van der Waals surface area contributed by atoms with Crippen LogP contribution in [0.3, 0.4) is 0 Å². The van der Waals surface area contributed by atoms with Crippen molar-refractivity contribution < 1.29 is 13.9 Å². The van der Waals surface area contributed by atoms with E-state index in [0.717, 1.165) is 10.9 Å². The second kappa shape index (κ2) is 5.32. The third-order valence-corrected chi connectivity index (χ3v) is 3.23. The van der Waals surface area contributed by atoms with E-state index in [0.29, 0.717) is 11.3 Å². The number of fused-ring (bicyclic) bond motifs is 1. The zero-order valence-electron chi connectivity index (χ0n) is 11.6. The second-order valence-electron chi connectivity index (χ2n) is 4.97. The van der Waals surface area contributed by atoms with Gasteiger partial charge >= 0.3 is 5.97 Å². The van der Waals surface area contributed by atoms with Gasteiger partial charge in [0.2, 0.25) is 5.76 Å². The molecule has 0 aliphatic rings. The highest BCUT2D eigenvalue weighted by atomic mass is 16.5. The first-order chi connectivity index (χ1) is 10.1. The van der Waals surface area contributed by atoms with E-state index in [1.807, 2.05) is 31.2 Å². The molecule has 21 heavy (non-hydrogen) atoms. The Balaban J connectivity index is 1.73. The van der Waals surface area contributed by atoms with Crippen molar-refractivity contribution in [2.75, 3.05) is 5.73 Å². The van der Waals surface area contributed by atoms with Crippen molar-refractivity contribution in [3.05, 3.63) is 65.4 Å². The van der Waals surface area contributed by atoms with Gasteiger partial charge in [0.25, 0.3) is 0 Å². The van der Waals surface area contributed by atoms with Gasteiger partial charge in [-0.1, -0.05) is 29.8 Å². The first-order valence-corrected chi connectivity index (χ1v) is 6.63. The van der Waals surface area contributed by atoms with Crippen molar-refractivity contribution in [2.24, 2.45) is 0 Å². The number of nitrogens with two attached hydrogens (primary N) is 1. The van der Waals surface area contributed by atoms with E-state index < -0.39 is 5.97 Å². The van der Waals surface area contributed by atoms with E-state index in [9.17, 15) is 4.79 Å². The molecule has 3 aromatic rings. The van der Waals surface area contributed by atoms with Gasteiger partial charge in [0.1, 0.15) is 12.2 Å². The Morgan fingerprint density at radius 3 is 2.67 bits per heavy atom. The minimum atomic E-state index is -0.481. The number of furan rings is 1. The fraction of sp³-hybridized carbons (Fsp3) is 0.118. The number of carbonyl (C=O) groups is 1. The van der Waals surface area contributed by atoms with Gasteiger partial charge in [0.15, 0.2) is 0 Å². The first kappa shape index (κ1) is 13.2.